The van der Waals surface area contributed by atoms with E-state index < -0.39 is 0 Å². The second-order valence-electron chi connectivity index (χ2n) is 5.03. The van der Waals surface area contributed by atoms with E-state index in [-0.39, 0.29) is 5.91 Å². The molecule has 108 valence electrons. The third-order valence-electron chi connectivity index (χ3n) is 3.09. The zero-order valence-electron chi connectivity index (χ0n) is 12.0. The molecule has 0 fully saturated rings. The van der Waals surface area contributed by atoms with Crippen molar-refractivity contribution in [3.05, 3.63) is 69.7 Å². The standard InChI is InChI=1S/C17H17BrN2O/c1-12(2)14-5-3-13(4-6-14)11-19-20-17(21)15-7-9-16(18)10-8-15/h3-12H,1-2H3,(H,20,21). The molecule has 0 aliphatic rings. The van der Waals surface area contributed by atoms with Crippen molar-refractivity contribution in [2.45, 2.75) is 19.8 Å². The SMILES string of the molecule is CC(C)c1ccc(C=NNC(=O)c2ccc(Br)cc2)cc1. The van der Waals surface area contributed by atoms with Crippen molar-refractivity contribution in [3.63, 3.8) is 0 Å². The predicted octanol–water partition coefficient (Wildman–Crippen LogP) is 4.34. The summed E-state index contributed by atoms with van der Waals surface area (Å²) < 4.78 is 0.938. The normalized spacial score (nSPS) is 11.0. The summed E-state index contributed by atoms with van der Waals surface area (Å²) in [7, 11) is 0. The second kappa shape index (κ2) is 7.18. The number of rotatable bonds is 4. The summed E-state index contributed by atoms with van der Waals surface area (Å²) in [6, 6.07) is 15.3. The topological polar surface area (TPSA) is 41.5 Å². The maximum Gasteiger partial charge on any atom is 0.271 e. The summed E-state index contributed by atoms with van der Waals surface area (Å²) in [5.41, 5.74) is 5.33. The van der Waals surface area contributed by atoms with Crippen LogP contribution in [0, 0.1) is 0 Å². The fourth-order valence-electron chi connectivity index (χ4n) is 1.80. The van der Waals surface area contributed by atoms with Crippen LogP contribution in [-0.4, -0.2) is 12.1 Å². The van der Waals surface area contributed by atoms with Gasteiger partial charge in [-0.2, -0.15) is 5.10 Å². The van der Waals surface area contributed by atoms with Crippen LogP contribution in [0.15, 0.2) is 58.1 Å². The van der Waals surface area contributed by atoms with Gasteiger partial charge in [-0.15, -0.1) is 0 Å². The van der Waals surface area contributed by atoms with E-state index in [4.69, 9.17) is 0 Å². The fraction of sp³-hybridized carbons (Fsp3) is 0.176. The first-order valence-corrected chi connectivity index (χ1v) is 7.54. The van der Waals surface area contributed by atoms with Crippen LogP contribution in [-0.2, 0) is 0 Å². The number of hydrogen-bond acceptors (Lipinski definition) is 2. The van der Waals surface area contributed by atoms with Gasteiger partial charge in [0.05, 0.1) is 6.21 Å². The molecule has 2 aromatic carbocycles. The van der Waals surface area contributed by atoms with Gasteiger partial charge >= 0.3 is 0 Å². The van der Waals surface area contributed by atoms with Crippen LogP contribution in [0.1, 0.15) is 41.3 Å². The molecule has 0 aliphatic heterocycles. The van der Waals surface area contributed by atoms with Crippen LogP contribution in [0.5, 0.6) is 0 Å². The number of carbonyl (C=O) groups is 1. The van der Waals surface area contributed by atoms with Crippen molar-refractivity contribution in [1.82, 2.24) is 5.43 Å². The molecule has 3 nitrogen and oxygen atoms in total. The Hall–Kier alpha value is -1.94. The largest absolute Gasteiger partial charge is 0.271 e. The molecular weight excluding hydrogens is 328 g/mol. The van der Waals surface area contributed by atoms with E-state index in [1.165, 1.54) is 5.56 Å². The van der Waals surface area contributed by atoms with Gasteiger partial charge in [-0.1, -0.05) is 54.0 Å². The van der Waals surface area contributed by atoms with Crippen LogP contribution < -0.4 is 5.43 Å². The van der Waals surface area contributed by atoms with Gasteiger partial charge < -0.3 is 0 Å². The summed E-state index contributed by atoms with van der Waals surface area (Å²) >= 11 is 3.33. The monoisotopic (exact) mass is 344 g/mol. The highest BCUT2D eigenvalue weighted by Gasteiger charge is 2.03. The Kier molecular flexibility index (Phi) is 5.28. The van der Waals surface area contributed by atoms with Crippen LogP contribution in [0.25, 0.3) is 0 Å². The Morgan fingerprint density at radius 1 is 1.10 bits per heavy atom. The quantitative estimate of drug-likeness (QED) is 0.650. The Morgan fingerprint density at radius 2 is 1.71 bits per heavy atom. The van der Waals surface area contributed by atoms with Crippen molar-refractivity contribution >= 4 is 28.1 Å². The second-order valence-corrected chi connectivity index (χ2v) is 5.94. The fourth-order valence-corrected chi connectivity index (χ4v) is 2.06. The molecule has 0 atom stereocenters. The molecule has 2 rings (SSSR count). The van der Waals surface area contributed by atoms with E-state index >= 15 is 0 Å². The molecule has 0 bridgehead atoms. The van der Waals surface area contributed by atoms with Crippen LogP contribution in [0.3, 0.4) is 0 Å². The van der Waals surface area contributed by atoms with E-state index in [0.717, 1.165) is 10.0 Å². The predicted molar refractivity (Wildman–Crippen MR) is 89.7 cm³/mol. The number of hydrogen-bond donors (Lipinski definition) is 1. The molecule has 21 heavy (non-hydrogen) atoms. The van der Waals surface area contributed by atoms with Crippen molar-refractivity contribution in [1.29, 1.82) is 0 Å². The molecule has 2 aromatic rings. The van der Waals surface area contributed by atoms with Crippen molar-refractivity contribution in [2.24, 2.45) is 5.10 Å². The zero-order valence-corrected chi connectivity index (χ0v) is 13.6. The first-order valence-electron chi connectivity index (χ1n) is 6.75. The number of nitrogens with zero attached hydrogens (tertiary/aromatic N) is 1. The molecule has 4 heteroatoms. The summed E-state index contributed by atoms with van der Waals surface area (Å²) in [5, 5.41) is 3.98. The van der Waals surface area contributed by atoms with E-state index in [1.807, 2.05) is 24.3 Å². The van der Waals surface area contributed by atoms with Crippen LogP contribution in [0.2, 0.25) is 0 Å². The highest BCUT2D eigenvalue weighted by molar-refractivity contribution is 9.10. The maximum atomic E-state index is 11.8. The van der Waals surface area contributed by atoms with E-state index in [9.17, 15) is 4.79 Å². The molecule has 0 radical (unpaired) electrons. The maximum absolute atomic E-state index is 11.8. The average Bonchev–Trinajstić information content (AvgIpc) is 2.48. The molecule has 0 saturated carbocycles. The Balaban J connectivity index is 1.95. The average molecular weight is 345 g/mol. The lowest BCUT2D eigenvalue weighted by Crippen LogP contribution is -2.17. The third kappa shape index (κ3) is 4.53. The van der Waals surface area contributed by atoms with Crippen LogP contribution >= 0.6 is 15.9 Å². The first-order chi connectivity index (χ1) is 10.1. The Labute approximate surface area is 133 Å². The molecule has 0 spiro atoms. The van der Waals surface area contributed by atoms with Gasteiger partial charge in [0, 0.05) is 10.0 Å². The number of halogens is 1. The highest BCUT2D eigenvalue weighted by Crippen LogP contribution is 2.14. The van der Waals surface area contributed by atoms with Gasteiger partial charge in [-0.3, -0.25) is 4.79 Å². The highest BCUT2D eigenvalue weighted by atomic mass is 79.9. The number of benzene rings is 2. The van der Waals surface area contributed by atoms with Gasteiger partial charge in [0.1, 0.15) is 0 Å². The summed E-state index contributed by atoms with van der Waals surface area (Å²) in [6.07, 6.45) is 1.64. The molecule has 1 N–H and O–H groups in total. The molecule has 0 aliphatic carbocycles. The molecule has 0 unspecified atom stereocenters. The lowest BCUT2D eigenvalue weighted by molar-refractivity contribution is 0.0955. The number of carbonyl (C=O) groups excluding carboxylic acids is 1. The van der Waals surface area contributed by atoms with Crippen LogP contribution in [0.4, 0.5) is 0 Å². The third-order valence-corrected chi connectivity index (χ3v) is 3.62. The Morgan fingerprint density at radius 3 is 2.29 bits per heavy atom. The van der Waals surface area contributed by atoms with Gasteiger partial charge in [0.2, 0.25) is 0 Å². The lowest BCUT2D eigenvalue weighted by atomic mass is 10.0. The summed E-state index contributed by atoms with van der Waals surface area (Å²) in [6.45, 7) is 4.31. The number of nitrogens with one attached hydrogen (secondary N) is 1. The minimum atomic E-state index is -0.224. The van der Waals surface area contributed by atoms with Crippen molar-refractivity contribution in [2.75, 3.05) is 0 Å². The van der Waals surface area contributed by atoms with Crippen molar-refractivity contribution in [3.8, 4) is 0 Å². The molecular formula is C17H17BrN2O. The first kappa shape index (κ1) is 15.4. The minimum Gasteiger partial charge on any atom is -0.267 e. The Bertz CT molecular complexity index is 631. The van der Waals surface area contributed by atoms with Gasteiger partial charge in [0.25, 0.3) is 5.91 Å². The summed E-state index contributed by atoms with van der Waals surface area (Å²) in [5.74, 6) is 0.283. The summed E-state index contributed by atoms with van der Waals surface area (Å²) in [4.78, 5) is 11.8. The van der Waals surface area contributed by atoms with Gasteiger partial charge in [0.15, 0.2) is 0 Å². The van der Waals surface area contributed by atoms with Crippen molar-refractivity contribution < 1.29 is 4.79 Å². The molecule has 0 aromatic heterocycles. The molecule has 0 saturated heterocycles. The lowest BCUT2D eigenvalue weighted by Gasteiger charge is -2.04. The van der Waals surface area contributed by atoms with Gasteiger partial charge in [-0.05, 0) is 41.3 Å². The smallest absolute Gasteiger partial charge is 0.267 e. The number of hydrazone groups is 1. The zero-order chi connectivity index (χ0) is 15.2. The van der Waals surface area contributed by atoms with E-state index in [1.54, 1.807) is 18.3 Å². The molecule has 1 amide bonds. The minimum absolute atomic E-state index is 0.224. The van der Waals surface area contributed by atoms with Gasteiger partial charge in [-0.25, -0.2) is 5.43 Å². The number of amides is 1. The molecule has 0 heterocycles. The van der Waals surface area contributed by atoms with E-state index in [2.05, 4.69) is 52.4 Å². The van der Waals surface area contributed by atoms with E-state index in [0.29, 0.717) is 11.5 Å².